The summed E-state index contributed by atoms with van der Waals surface area (Å²) in [5, 5.41) is 9.05. The smallest absolute Gasteiger partial charge is 0.335 e. The minimum Gasteiger partial charge on any atom is -0.493 e. The number of aldehydes is 1. The van der Waals surface area contributed by atoms with Crippen molar-refractivity contribution in [3.05, 3.63) is 47.5 Å². The fourth-order valence-corrected chi connectivity index (χ4v) is 1.85. The fraction of sp³-hybridized carbons (Fsp3) is 0.125. The Morgan fingerprint density at radius 2 is 1.55 bits per heavy atom. The van der Waals surface area contributed by atoms with E-state index in [1.54, 1.807) is 12.1 Å². The summed E-state index contributed by atoms with van der Waals surface area (Å²) in [6, 6.07) is 8.92. The van der Waals surface area contributed by atoms with Crippen molar-refractivity contribution < 1.29 is 28.9 Å². The molecule has 2 aromatic rings. The van der Waals surface area contributed by atoms with Crippen LogP contribution in [0.4, 0.5) is 0 Å². The second-order valence-electron chi connectivity index (χ2n) is 4.30. The predicted molar refractivity (Wildman–Crippen MR) is 78.4 cm³/mol. The van der Waals surface area contributed by atoms with Gasteiger partial charge in [-0.2, -0.15) is 0 Å². The third-order valence-corrected chi connectivity index (χ3v) is 2.95. The van der Waals surface area contributed by atoms with E-state index < -0.39 is 5.97 Å². The molecule has 0 aliphatic rings. The molecule has 0 amide bonds. The lowest BCUT2D eigenvalue weighted by atomic mass is 10.2. The van der Waals surface area contributed by atoms with Crippen LogP contribution in [0.5, 0.6) is 23.0 Å². The Bertz CT molecular complexity index is 708. The van der Waals surface area contributed by atoms with Gasteiger partial charge >= 0.3 is 5.97 Å². The molecule has 0 spiro atoms. The molecule has 0 saturated carbocycles. The first kappa shape index (κ1) is 15.4. The van der Waals surface area contributed by atoms with E-state index in [1.807, 2.05) is 0 Å². The first-order valence-electron chi connectivity index (χ1n) is 6.31. The molecule has 2 aromatic carbocycles. The number of aromatic carboxylic acids is 1. The normalized spacial score (nSPS) is 9.91. The van der Waals surface area contributed by atoms with Gasteiger partial charge in [-0.1, -0.05) is 0 Å². The Morgan fingerprint density at radius 3 is 2.09 bits per heavy atom. The number of benzene rings is 2. The summed E-state index contributed by atoms with van der Waals surface area (Å²) in [6.07, 6.45) is 0.678. The van der Waals surface area contributed by atoms with E-state index in [-0.39, 0.29) is 17.1 Å². The summed E-state index contributed by atoms with van der Waals surface area (Å²) in [4.78, 5) is 21.9. The van der Waals surface area contributed by atoms with Crippen LogP contribution >= 0.6 is 0 Å². The first-order chi connectivity index (χ1) is 10.6. The molecule has 0 aliphatic heterocycles. The zero-order valence-electron chi connectivity index (χ0n) is 12.0. The van der Waals surface area contributed by atoms with Crippen molar-refractivity contribution in [1.29, 1.82) is 0 Å². The monoisotopic (exact) mass is 302 g/mol. The summed E-state index contributed by atoms with van der Waals surface area (Å²) in [6.45, 7) is 0. The zero-order chi connectivity index (χ0) is 16.1. The number of hydrogen-bond donors (Lipinski definition) is 1. The summed E-state index contributed by atoms with van der Waals surface area (Å²) >= 11 is 0. The minimum atomic E-state index is -1.08. The SMILES string of the molecule is COc1ccc(C=O)cc1Oc1cc(C(=O)O)ccc1OC. The molecule has 6 heteroatoms. The average molecular weight is 302 g/mol. The van der Waals surface area contributed by atoms with Gasteiger partial charge in [0.25, 0.3) is 0 Å². The van der Waals surface area contributed by atoms with E-state index in [1.165, 1.54) is 38.5 Å². The van der Waals surface area contributed by atoms with Crippen LogP contribution in [0.3, 0.4) is 0 Å². The van der Waals surface area contributed by atoms with Crippen molar-refractivity contribution in [2.75, 3.05) is 14.2 Å². The standard InChI is InChI=1S/C16H14O6/c1-20-12-5-3-10(9-17)7-14(12)22-15-8-11(16(18)19)4-6-13(15)21-2/h3-9H,1-2H3,(H,18,19). The van der Waals surface area contributed by atoms with E-state index in [2.05, 4.69) is 0 Å². The minimum absolute atomic E-state index is 0.0568. The molecule has 0 bridgehead atoms. The molecule has 0 fully saturated rings. The Morgan fingerprint density at radius 1 is 0.955 bits per heavy atom. The highest BCUT2D eigenvalue weighted by Crippen LogP contribution is 2.37. The molecule has 0 heterocycles. The quantitative estimate of drug-likeness (QED) is 0.826. The Kier molecular flexibility index (Phi) is 4.63. The number of carbonyl (C=O) groups is 2. The van der Waals surface area contributed by atoms with Crippen molar-refractivity contribution >= 4 is 12.3 Å². The maximum Gasteiger partial charge on any atom is 0.335 e. The van der Waals surface area contributed by atoms with Gasteiger partial charge in [0.1, 0.15) is 6.29 Å². The highest BCUT2D eigenvalue weighted by Gasteiger charge is 2.14. The number of rotatable bonds is 6. The Hall–Kier alpha value is -3.02. The fourth-order valence-electron chi connectivity index (χ4n) is 1.85. The van der Waals surface area contributed by atoms with Crippen LogP contribution in [0.25, 0.3) is 0 Å². The van der Waals surface area contributed by atoms with Gasteiger partial charge in [-0.15, -0.1) is 0 Å². The van der Waals surface area contributed by atoms with E-state index in [0.717, 1.165) is 0 Å². The Balaban J connectivity index is 2.47. The van der Waals surface area contributed by atoms with Crippen molar-refractivity contribution in [3.8, 4) is 23.0 Å². The predicted octanol–water partition coefficient (Wildman–Crippen LogP) is 3.01. The van der Waals surface area contributed by atoms with Gasteiger partial charge in [0, 0.05) is 5.56 Å². The van der Waals surface area contributed by atoms with Crippen LogP contribution in [0.15, 0.2) is 36.4 Å². The van der Waals surface area contributed by atoms with Crippen molar-refractivity contribution in [3.63, 3.8) is 0 Å². The van der Waals surface area contributed by atoms with Crippen LogP contribution < -0.4 is 14.2 Å². The number of carboxylic acid groups (broad SMARTS) is 1. The van der Waals surface area contributed by atoms with Crippen LogP contribution in [0.1, 0.15) is 20.7 Å². The van der Waals surface area contributed by atoms with Crippen LogP contribution in [0, 0.1) is 0 Å². The molecule has 0 radical (unpaired) electrons. The largest absolute Gasteiger partial charge is 0.493 e. The lowest BCUT2D eigenvalue weighted by Crippen LogP contribution is -1.99. The summed E-state index contributed by atoms with van der Waals surface area (Å²) in [5.41, 5.74) is 0.463. The average Bonchev–Trinajstić information content (AvgIpc) is 2.54. The third-order valence-electron chi connectivity index (χ3n) is 2.95. The molecule has 1 N–H and O–H groups in total. The van der Waals surface area contributed by atoms with Gasteiger partial charge in [0.2, 0.25) is 0 Å². The molecular weight excluding hydrogens is 288 g/mol. The number of carboxylic acids is 1. The van der Waals surface area contributed by atoms with Crippen molar-refractivity contribution in [1.82, 2.24) is 0 Å². The molecule has 0 unspecified atom stereocenters. The van der Waals surface area contributed by atoms with Gasteiger partial charge in [0.05, 0.1) is 19.8 Å². The van der Waals surface area contributed by atoms with Gasteiger partial charge in [-0.3, -0.25) is 4.79 Å². The van der Waals surface area contributed by atoms with E-state index in [9.17, 15) is 9.59 Å². The summed E-state index contributed by atoms with van der Waals surface area (Å²) < 4.78 is 16.0. The van der Waals surface area contributed by atoms with E-state index in [0.29, 0.717) is 23.3 Å². The summed E-state index contributed by atoms with van der Waals surface area (Å²) in [7, 11) is 2.91. The highest BCUT2D eigenvalue weighted by molar-refractivity contribution is 5.88. The van der Waals surface area contributed by atoms with Gasteiger partial charge in [-0.25, -0.2) is 4.79 Å². The van der Waals surface area contributed by atoms with Crippen molar-refractivity contribution in [2.24, 2.45) is 0 Å². The van der Waals surface area contributed by atoms with Crippen LogP contribution in [-0.4, -0.2) is 31.6 Å². The van der Waals surface area contributed by atoms with Crippen LogP contribution in [0.2, 0.25) is 0 Å². The van der Waals surface area contributed by atoms with Gasteiger partial charge in [-0.05, 0) is 36.4 Å². The first-order valence-corrected chi connectivity index (χ1v) is 6.31. The molecule has 2 rings (SSSR count). The molecule has 114 valence electrons. The molecule has 0 atom stereocenters. The van der Waals surface area contributed by atoms with Gasteiger partial charge < -0.3 is 19.3 Å². The number of methoxy groups -OCH3 is 2. The zero-order valence-corrected chi connectivity index (χ0v) is 12.0. The molecule has 22 heavy (non-hydrogen) atoms. The number of hydrogen-bond acceptors (Lipinski definition) is 5. The Labute approximate surface area is 126 Å². The third kappa shape index (κ3) is 3.17. The molecule has 0 saturated heterocycles. The summed E-state index contributed by atoms with van der Waals surface area (Å²) in [5.74, 6) is 0.190. The maximum atomic E-state index is 11.1. The maximum absolute atomic E-state index is 11.1. The molecular formula is C16H14O6. The molecule has 6 nitrogen and oxygen atoms in total. The van der Waals surface area contributed by atoms with E-state index >= 15 is 0 Å². The second-order valence-corrected chi connectivity index (χ2v) is 4.30. The van der Waals surface area contributed by atoms with Crippen LogP contribution in [-0.2, 0) is 0 Å². The molecule has 0 aliphatic carbocycles. The van der Waals surface area contributed by atoms with E-state index in [4.69, 9.17) is 19.3 Å². The number of carbonyl (C=O) groups excluding carboxylic acids is 1. The second kappa shape index (κ2) is 6.62. The number of ether oxygens (including phenoxy) is 3. The lowest BCUT2D eigenvalue weighted by Gasteiger charge is -2.13. The van der Waals surface area contributed by atoms with Crippen molar-refractivity contribution in [2.45, 2.75) is 0 Å². The topological polar surface area (TPSA) is 82.1 Å². The highest BCUT2D eigenvalue weighted by atomic mass is 16.5. The molecule has 0 aromatic heterocycles. The lowest BCUT2D eigenvalue weighted by molar-refractivity contribution is 0.0696. The van der Waals surface area contributed by atoms with Gasteiger partial charge in [0.15, 0.2) is 23.0 Å².